The highest BCUT2D eigenvalue weighted by molar-refractivity contribution is 7.15. The Balaban J connectivity index is 2.41. The predicted molar refractivity (Wildman–Crippen MR) is 64.9 cm³/mol. The van der Waals surface area contributed by atoms with Crippen molar-refractivity contribution in [3.63, 3.8) is 0 Å². The minimum Gasteiger partial charge on any atom is -0.479 e. The monoisotopic (exact) mass is 249 g/mol. The van der Waals surface area contributed by atoms with E-state index in [9.17, 15) is 9.90 Å². The lowest BCUT2D eigenvalue weighted by molar-refractivity contribution is -0.146. The topological polar surface area (TPSA) is 70.4 Å². The summed E-state index contributed by atoms with van der Waals surface area (Å²) < 4.78 is 0. The molecular formula is C12H11NO3S. The molecule has 0 radical (unpaired) electrons. The molecule has 1 aromatic heterocycles. The van der Waals surface area contributed by atoms with Crippen molar-refractivity contribution < 1.29 is 15.0 Å². The minimum absolute atomic E-state index is 0.386. The van der Waals surface area contributed by atoms with Gasteiger partial charge >= 0.3 is 5.97 Å². The Bertz CT molecular complexity index is 536. The first kappa shape index (κ1) is 11.8. The molecule has 0 spiro atoms. The first-order valence-electron chi connectivity index (χ1n) is 5.03. The maximum Gasteiger partial charge on any atom is 0.338 e. The lowest BCUT2D eigenvalue weighted by Crippen LogP contribution is -2.09. The van der Waals surface area contributed by atoms with Crippen LogP contribution in [-0.2, 0) is 4.79 Å². The zero-order valence-electron chi connectivity index (χ0n) is 9.12. The molecule has 1 atom stereocenters. The van der Waals surface area contributed by atoms with E-state index in [1.807, 2.05) is 30.3 Å². The smallest absolute Gasteiger partial charge is 0.338 e. The third-order valence-corrected chi connectivity index (χ3v) is 3.59. The van der Waals surface area contributed by atoms with Crippen LogP contribution < -0.4 is 0 Å². The SMILES string of the molecule is Cc1nc(-c2ccccc2)sc1C(O)C(=O)O. The van der Waals surface area contributed by atoms with E-state index in [2.05, 4.69) is 4.98 Å². The van der Waals surface area contributed by atoms with E-state index in [1.165, 1.54) is 11.3 Å². The number of hydrogen-bond donors (Lipinski definition) is 2. The molecule has 0 saturated heterocycles. The standard InChI is InChI=1S/C12H11NO3S/c1-7-10(9(14)12(15)16)17-11(13-7)8-5-3-2-4-6-8/h2-6,9,14H,1H3,(H,15,16). The second kappa shape index (κ2) is 4.65. The van der Waals surface area contributed by atoms with Gasteiger partial charge in [0.15, 0.2) is 6.10 Å². The normalized spacial score (nSPS) is 12.4. The minimum atomic E-state index is -1.50. The summed E-state index contributed by atoms with van der Waals surface area (Å²) in [5.74, 6) is -1.25. The fourth-order valence-electron chi connectivity index (χ4n) is 1.48. The molecule has 17 heavy (non-hydrogen) atoms. The Morgan fingerprint density at radius 1 is 1.35 bits per heavy atom. The number of benzene rings is 1. The Kier molecular flexibility index (Phi) is 3.21. The summed E-state index contributed by atoms with van der Waals surface area (Å²) in [7, 11) is 0. The highest BCUT2D eigenvalue weighted by Gasteiger charge is 2.22. The summed E-state index contributed by atoms with van der Waals surface area (Å²) in [6.07, 6.45) is -1.50. The molecule has 0 bridgehead atoms. The fourth-order valence-corrected chi connectivity index (χ4v) is 2.53. The van der Waals surface area contributed by atoms with Crippen molar-refractivity contribution in [2.75, 3.05) is 0 Å². The molecule has 88 valence electrons. The molecule has 0 aliphatic heterocycles. The number of carboxylic acid groups (broad SMARTS) is 1. The highest BCUT2D eigenvalue weighted by Crippen LogP contribution is 2.31. The number of aryl methyl sites for hydroxylation is 1. The van der Waals surface area contributed by atoms with Gasteiger partial charge < -0.3 is 10.2 Å². The maximum absolute atomic E-state index is 10.7. The number of carboxylic acids is 1. The number of aliphatic hydroxyl groups excluding tert-OH is 1. The van der Waals surface area contributed by atoms with Gasteiger partial charge in [-0.05, 0) is 6.92 Å². The molecule has 1 heterocycles. The van der Waals surface area contributed by atoms with Gasteiger partial charge in [0.25, 0.3) is 0 Å². The van der Waals surface area contributed by atoms with Crippen LogP contribution in [0.25, 0.3) is 10.6 Å². The van der Waals surface area contributed by atoms with E-state index in [-0.39, 0.29) is 0 Å². The Labute approximate surface area is 102 Å². The van der Waals surface area contributed by atoms with Gasteiger partial charge in [0.2, 0.25) is 0 Å². The zero-order chi connectivity index (χ0) is 12.4. The first-order chi connectivity index (χ1) is 8.09. The van der Waals surface area contributed by atoms with E-state index in [1.54, 1.807) is 6.92 Å². The van der Waals surface area contributed by atoms with Crippen molar-refractivity contribution in [3.05, 3.63) is 40.9 Å². The van der Waals surface area contributed by atoms with E-state index in [4.69, 9.17) is 5.11 Å². The van der Waals surface area contributed by atoms with Crippen LogP contribution >= 0.6 is 11.3 Å². The van der Waals surface area contributed by atoms with Crippen LogP contribution in [0, 0.1) is 6.92 Å². The molecule has 2 N–H and O–H groups in total. The molecule has 2 rings (SSSR count). The van der Waals surface area contributed by atoms with Crippen molar-refractivity contribution in [2.24, 2.45) is 0 Å². The van der Waals surface area contributed by atoms with Crippen LogP contribution in [0.4, 0.5) is 0 Å². The van der Waals surface area contributed by atoms with Gasteiger partial charge in [0.05, 0.1) is 10.6 Å². The Morgan fingerprint density at radius 3 is 2.59 bits per heavy atom. The first-order valence-corrected chi connectivity index (χ1v) is 5.85. The molecular weight excluding hydrogens is 238 g/mol. The second-order valence-electron chi connectivity index (χ2n) is 3.58. The number of aliphatic hydroxyl groups is 1. The molecule has 0 aliphatic carbocycles. The van der Waals surface area contributed by atoms with Crippen molar-refractivity contribution >= 4 is 17.3 Å². The van der Waals surface area contributed by atoms with E-state index in [0.29, 0.717) is 10.6 Å². The number of hydrogen-bond acceptors (Lipinski definition) is 4. The molecule has 1 aromatic carbocycles. The molecule has 2 aromatic rings. The summed E-state index contributed by atoms with van der Waals surface area (Å²) in [5, 5.41) is 19.0. The largest absolute Gasteiger partial charge is 0.479 e. The highest BCUT2D eigenvalue weighted by atomic mass is 32.1. The van der Waals surface area contributed by atoms with E-state index in [0.717, 1.165) is 10.6 Å². The van der Waals surface area contributed by atoms with Gasteiger partial charge in [0.1, 0.15) is 5.01 Å². The molecule has 5 heteroatoms. The van der Waals surface area contributed by atoms with Gasteiger partial charge in [0, 0.05) is 5.56 Å². The average molecular weight is 249 g/mol. The van der Waals surface area contributed by atoms with Crippen LogP contribution in [0.5, 0.6) is 0 Å². The third kappa shape index (κ3) is 2.35. The molecule has 0 aliphatic rings. The Morgan fingerprint density at radius 2 is 2.00 bits per heavy atom. The predicted octanol–water partition coefficient (Wildman–Crippen LogP) is 2.24. The summed E-state index contributed by atoms with van der Waals surface area (Å²) in [6.45, 7) is 1.70. The van der Waals surface area contributed by atoms with Crippen LogP contribution in [0.15, 0.2) is 30.3 Å². The quantitative estimate of drug-likeness (QED) is 0.875. The molecule has 0 fully saturated rings. The van der Waals surface area contributed by atoms with Gasteiger partial charge in [-0.1, -0.05) is 30.3 Å². The van der Waals surface area contributed by atoms with E-state index >= 15 is 0 Å². The van der Waals surface area contributed by atoms with Gasteiger partial charge in [-0.25, -0.2) is 9.78 Å². The van der Waals surface area contributed by atoms with Gasteiger partial charge in [-0.15, -0.1) is 11.3 Å². The molecule has 4 nitrogen and oxygen atoms in total. The molecule has 1 unspecified atom stereocenters. The van der Waals surface area contributed by atoms with Crippen LogP contribution in [0.1, 0.15) is 16.7 Å². The number of aromatic nitrogens is 1. The zero-order valence-corrected chi connectivity index (χ0v) is 9.94. The Hall–Kier alpha value is -1.72. The van der Waals surface area contributed by atoms with Crippen LogP contribution in [0.2, 0.25) is 0 Å². The van der Waals surface area contributed by atoms with Crippen LogP contribution in [0.3, 0.4) is 0 Å². The summed E-state index contributed by atoms with van der Waals surface area (Å²) in [5.41, 5.74) is 1.48. The number of thiazole rings is 1. The second-order valence-corrected chi connectivity index (χ2v) is 4.61. The lowest BCUT2D eigenvalue weighted by atomic mass is 10.2. The van der Waals surface area contributed by atoms with Gasteiger partial charge in [-0.2, -0.15) is 0 Å². The van der Waals surface area contributed by atoms with Crippen molar-refractivity contribution in [2.45, 2.75) is 13.0 Å². The lowest BCUT2D eigenvalue weighted by Gasteiger charge is -2.01. The van der Waals surface area contributed by atoms with Gasteiger partial charge in [-0.3, -0.25) is 0 Å². The number of rotatable bonds is 3. The number of nitrogens with zero attached hydrogens (tertiary/aromatic N) is 1. The van der Waals surface area contributed by atoms with Crippen molar-refractivity contribution in [1.82, 2.24) is 4.98 Å². The molecule has 0 saturated carbocycles. The van der Waals surface area contributed by atoms with Crippen molar-refractivity contribution in [1.29, 1.82) is 0 Å². The van der Waals surface area contributed by atoms with Crippen LogP contribution in [-0.4, -0.2) is 21.2 Å². The average Bonchev–Trinajstić information content (AvgIpc) is 2.71. The summed E-state index contributed by atoms with van der Waals surface area (Å²) in [4.78, 5) is 15.4. The maximum atomic E-state index is 10.7. The summed E-state index contributed by atoms with van der Waals surface area (Å²) in [6, 6.07) is 9.47. The van der Waals surface area contributed by atoms with E-state index < -0.39 is 12.1 Å². The number of carbonyl (C=O) groups is 1. The van der Waals surface area contributed by atoms with Crippen molar-refractivity contribution in [3.8, 4) is 10.6 Å². The number of aliphatic carboxylic acids is 1. The summed E-state index contributed by atoms with van der Waals surface area (Å²) >= 11 is 1.21. The third-order valence-electron chi connectivity index (χ3n) is 2.34. The fraction of sp³-hybridized carbons (Fsp3) is 0.167. The molecule has 0 amide bonds.